The van der Waals surface area contributed by atoms with Crippen molar-refractivity contribution in [1.29, 1.82) is 0 Å². The van der Waals surface area contributed by atoms with Crippen LogP contribution < -0.4 is 4.72 Å². The molecule has 1 atom stereocenters. The maximum Gasteiger partial charge on any atom is 0.346 e. The number of thiophene rings is 1. The van der Waals surface area contributed by atoms with Crippen molar-refractivity contribution in [3.05, 3.63) is 16.5 Å². The van der Waals surface area contributed by atoms with Crippen LogP contribution in [0.2, 0.25) is 0 Å². The largest absolute Gasteiger partial charge is 0.477 e. The van der Waals surface area contributed by atoms with Gasteiger partial charge in [-0.05, 0) is 37.8 Å². The zero-order chi connectivity index (χ0) is 14.8. The van der Waals surface area contributed by atoms with Crippen LogP contribution in [0.5, 0.6) is 0 Å². The van der Waals surface area contributed by atoms with Crippen LogP contribution in [0.3, 0.4) is 0 Å². The molecule has 1 aromatic rings. The molecule has 2 heterocycles. The second-order valence-electron chi connectivity index (χ2n) is 4.72. The van der Waals surface area contributed by atoms with Gasteiger partial charge in [0.05, 0.1) is 6.10 Å². The number of ether oxygens (including phenoxy) is 1. The molecule has 112 valence electrons. The Morgan fingerprint density at radius 2 is 2.30 bits per heavy atom. The first-order valence-electron chi connectivity index (χ1n) is 6.35. The van der Waals surface area contributed by atoms with Gasteiger partial charge in [0.25, 0.3) is 0 Å². The smallest absolute Gasteiger partial charge is 0.346 e. The Bertz CT molecular complexity index is 587. The van der Waals surface area contributed by atoms with Crippen LogP contribution in [-0.2, 0) is 14.8 Å². The summed E-state index contributed by atoms with van der Waals surface area (Å²) in [4.78, 5) is 11.0. The van der Waals surface area contributed by atoms with E-state index in [9.17, 15) is 13.2 Å². The van der Waals surface area contributed by atoms with Crippen molar-refractivity contribution < 1.29 is 23.1 Å². The number of carboxylic acids is 1. The SMILES string of the molecule is Cc1cc(S(=O)(=O)NCC2CCCCO2)sc1C(=O)O. The van der Waals surface area contributed by atoms with Crippen molar-refractivity contribution >= 4 is 27.3 Å². The molecule has 1 aliphatic rings. The van der Waals surface area contributed by atoms with Crippen LogP contribution in [-0.4, -0.2) is 38.7 Å². The van der Waals surface area contributed by atoms with E-state index in [4.69, 9.17) is 9.84 Å². The molecule has 0 aliphatic carbocycles. The normalized spacial score (nSPS) is 19.9. The molecule has 8 heteroatoms. The summed E-state index contributed by atoms with van der Waals surface area (Å²) in [5, 5.41) is 8.95. The first-order chi connectivity index (χ1) is 9.40. The molecule has 1 aliphatic heterocycles. The van der Waals surface area contributed by atoms with E-state index in [0.717, 1.165) is 30.6 Å². The first-order valence-corrected chi connectivity index (χ1v) is 8.65. The third-order valence-corrected chi connectivity index (χ3v) is 6.25. The second-order valence-corrected chi connectivity index (χ2v) is 7.77. The highest BCUT2D eigenvalue weighted by molar-refractivity contribution is 7.91. The van der Waals surface area contributed by atoms with E-state index in [1.807, 2.05) is 0 Å². The van der Waals surface area contributed by atoms with Crippen LogP contribution in [0.25, 0.3) is 0 Å². The summed E-state index contributed by atoms with van der Waals surface area (Å²) in [6.07, 6.45) is 2.79. The van der Waals surface area contributed by atoms with Gasteiger partial charge in [-0.15, -0.1) is 11.3 Å². The minimum Gasteiger partial charge on any atom is -0.477 e. The number of nitrogens with one attached hydrogen (secondary N) is 1. The molecule has 2 N–H and O–H groups in total. The monoisotopic (exact) mass is 319 g/mol. The Morgan fingerprint density at radius 3 is 2.85 bits per heavy atom. The molecular formula is C12H17NO5S2. The Hall–Kier alpha value is -0.960. The van der Waals surface area contributed by atoms with E-state index >= 15 is 0 Å². The molecule has 0 spiro atoms. The maximum absolute atomic E-state index is 12.1. The number of rotatable bonds is 5. The predicted molar refractivity (Wildman–Crippen MR) is 74.8 cm³/mol. The number of hydrogen-bond donors (Lipinski definition) is 2. The zero-order valence-electron chi connectivity index (χ0n) is 11.1. The lowest BCUT2D eigenvalue weighted by atomic mass is 10.1. The van der Waals surface area contributed by atoms with Crippen LogP contribution in [0.15, 0.2) is 10.3 Å². The van der Waals surface area contributed by atoms with E-state index in [2.05, 4.69) is 4.72 Å². The number of carbonyl (C=O) groups is 1. The van der Waals surface area contributed by atoms with Crippen molar-refractivity contribution in [2.45, 2.75) is 36.5 Å². The van der Waals surface area contributed by atoms with Gasteiger partial charge in [0.2, 0.25) is 10.0 Å². The predicted octanol–water partition coefficient (Wildman–Crippen LogP) is 1.60. The third kappa shape index (κ3) is 3.57. The number of carboxylic acid groups (broad SMARTS) is 1. The Morgan fingerprint density at radius 1 is 1.55 bits per heavy atom. The number of hydrogen-bond acceptors (Lipinski definition) is 5. The Kier molecular flexibility index (Phi) is 4.79. The van der Waals surface area contributed by atoms with Gasteiger partial charge in [-0.25, -0.2) is 17.9 Å². The fourth-order valence-electron chi connectivity index (χ4n) is 2.04. The first kappa shape index (κ1) is 15.4. The molecule has 0 bridgehead atoms. The van der Waals surface area contributed by atoms with E-state index in [-0.39, 0.29) is 21.7 Å². The summed E-state index contributed by atoms with van der Waals surface area (Å²) in [5.74, 6) is -1.11. The molecule has 1 saturated heterocycles. The molecule has 1 fully saturated rings. The fraction of sp³-hybridized carbons (Fsp3) is 0.583. The summed E-state index contributed by atoms with van der Waals surface area (Å²) >= 11 is 0.770. The summed E-state index contributed by atoms with van der Waals surface area (Å²) in [6, 6.07) is 1.39. The maximum atomic E-state index is 12.1. The molecule has 20 heavy (non-hydrogen) atoms. The highest BCUT2D eigenvalue weighted by atomic mass is 32.2. The van der Waals surface area contributed by atoms with Gasteiger partial charge >= 0.3 is 5.97 Å². The van der Waals surface area contributed by atoms with Crippen molar-refractivity contribution in [2.75, 3.05) is 13.2 Å². The van der Waals surface area contributed by atoms with Gasteiger partial charge in [-0.1, -0.05) is 0 Å². The lowest BCUT2D eigenvalue weighted by Gasteiger charge is -2.22. The molecule has 0 aromatic carbocycles. The molecule has 2 rings (SSSR count). The number of aryl methyl sites for hydroxylation is 1. The molecular weight excluding hydrogens is 302 g/mol. The Balaban J connectivity index is 2.06. The summed E-state index contributed by atoms with van der Waals surface area (Å²) in [6.45, 7) is 2.47. The minimum absolute atomic E-state index is 0.0307. The second kappa shape index (κ2) is 6.21. The lowest BCUT2D eigenvalue weighted by molar-refractivity contribution is 0.0200. The number of sulfonamides is 1. The van der Waals surface area contributed by atoms with E-state index in [1.165, 1.54) is 6.07 Å². The quantitative estimate of drug-likeness (QED) is 0.860. The van der Waals surface area contributed by atoms with Crippen LogP contribution in [0.4, 0.5) is 0 Å². The van der Waals surface area contributed by atoms with E-state index in [0.29, 0.717) is 12.2 Å². The summed E-state index contributed by atoms with van der Waals surface area (Å²) in [7, 11) is -3.67. The zero-order valence-corrected chi connectivity index (χ0v) is 12.7. The molecule has 1 aromatic heterocycles. The van der Waals surface area contributed by atoms with Gasteiger partial charge < -0.3 is 9.84 Å². The standard InChI is InChI=1S/C12H17NO5S2/c1-8-6-10(19-11(8)12(14)15)20(16,17)13-7-9-4-2-3-5-18-9/h6,9,13H,2-5,7H2,1H3,(H,14,15). The topological polar surface area (TPSA) is 92.7 Å². The molecule has 1 unspecified atom stereocenters. The van der Waals surface area contributed by atoms with Crippen molar-refractivity contribution in [2.24, 2.45) is 0 Å². The Labute approximate surface area is 121 Å². The molecule has 0 amide bonds. The average Bonchev–Trinajstić information content (AvgIpc) is 2.81. The van der Waals surface area contributed by atoms with Crippen molar-refractivity contribution in [1.82, 2.24) is 4.72 Å². The van der Waals surface area contributed by atoms with Crippen LogP contribution in [0, 0.1) is 6.92 Å². The van der Waals surface area contributed by atoms with Crippen LogP contribution >= 0.6 is 11.3 Å². The molecule has 0 saturated carbocycles. The molecule has 0 radical (unpaired) electrons. The van der Waals surface area contributed by atoms with Gasteiger partial charge in [0, 0.05) is 13.2 Å². The molecule has 6 nitrogen and oxygen atoms in total. The van der Waals surface area contributed by atoms with Crippen molar-refractivity contribution in [3.8, 4) is 0 Å². The third-order valence-electron chi connectivity index (χ3n) is 3.13. The van der Waals surface area contributed by atoms with Crippen molar-refractivity contribution in [3.63, 3.8) is 0 Å². The lowest BCUT2D eigenvalue weighted by Crippen LogP contribution is -2.35. The van der Waals surface area contributed by atoms with Gasteiger partial charge in [-0.2, -0.15) is 0 Å². The van der Waals surface area contributed by atoms with Gasteiger partial charge in [0.1, 0.15) is 9.09 Å². The highest BCUT2D eigenvalue weighted by Crippen LogP contribution is 2.26. The highest BCUT2D eigenvalue weighted by Gasteiger charge is 2.23. The summed E-state index contributed by atoms with van der Waals surface area (Å²) in [5.41, 5.74) is 0.455. The van der Waals surface area contributed by atoms with Crippen LogP contribution in [0.1, 0.15) is 34.5 Å². The number of aromatic carboxylic acids is 1. The van der Waals surface area contributed by atoms with E-state index in [1.54, 1.807) is 6.92 Å². The van der Waals surface area contributed by atoms with Gasteiger partial charge in [-0.3, -0.25) is 0 Å². The average molecular weight is 319 g/mol. The fourth-order valence-corrected chi connectivity index (χ4v) is 4.53. The minimum atomic E-state index is -3.67. The van der Waals surface area contributed by atoms with Gasteiger partial charge in [0.15, 0.2) is 0 Å². The van der Waals surface area contributed by atoms with E-state index < -0.39 is 16.0 Å². The summed E-state index contributed by atoms with van der Waals surface area (Å²) < 4.78 is 32.2.